The van der Waals surface area contributed by atoms with E-state index in [-0.39, 0.29) is 17.5 Å². The number of nitrogens with zero attached hydrogens (tertiary/aromatic N) is 3. The SMILES string of the molecule is O=C1N=C(N2CCN(c3ccccc3F)CC2)SC1=Cc1ccccc1O. The molecule has 7 heteroatoms. The number of hydrogen-bond donors (Lipinski definition) is 1. The summed E-state index contributed by atoms with van der Waals surface area (Å²) in [5.74, 6) is -0.387. The molecule has 0 bridgehead atoms. The first-order valence-electron chi connectivity index (χ1n) is 8.67. The maximum Gasteiger partial charge on any atom is 0.286 e. The second-order valence-corrected chi connectivity index (χ2v) is 7.30. The molecule has 2 aromatic carbocycles. The first-order valence-corrected chi connectivity index (χ1v) is 9.48. The number of amides is 1. The van der Waals surface area contributed by atoms with Gasteiger partial charge in [0.2, 0.25) is 0 Å². The maximum absolute atomic E-state index is 14.0. The molecule has 0 unspecified atom stereocenters. The number of aromatic hydroxyl groups is 1. The number of anilines is 1. The molecule has 2 heterocycles. The fourth-order valence-electron chi connectivity index (χ4n) is 3.13. The van der Waals surface area contributed by atoms with Gasteiger partial charge in [-0.15, -0.1) is 0 Å². The van der Waals surface area contributed by atoms with E-state index in [1.165, 1.54) is 17.8 Å². The number of piperazine rings is 1. The lowest BCUT2D eigenvalue weighted by Gasteiger charge is -2.36. The average molecular weight is 383 g/mol. The summed E-state index contributed by atoms with van der Waals surface area (Å²) in [7, 11) is 0. The van der Waals surface area contributed by atoms with Crippen molar-refractivity contribution >= 4 is 34.6 Å². The molecule has 2 aliphatic rings. The Labute approximate surface area is 160 Å². The minimum atomic E-state index is -0.296. The highest BCUT2D eigenvalue weighted by atomic mass is 32.2. The third-order valence-electron chi connectivity index (χ3n) is 4.58. The number of phenols is 1. The summed E-state index contributed by atoms with van der Waals surface area (Å²) in [6.45, 7) is 2.65. The van der Waals surface area contributed by atoms with E-state index in [1.54, 1.807) is 42.5 Å². The molecule has 0 atom stereocenters. The summed E-state index contributed by atoms with van der Waals surface area (Å²) in [6.07, 6.45) is 1.66. The number of carbonyl (C=O) groups is 1. The zero-order valence-electron chi connectivity index (χ0n) is 14.5. The second kappa shape index (κ2) is 7.44. The van der Waals surface area contributed by atoms with Gasteiger partial charge in [-0.1, -0.05) is 30.3 Å². The lowest BCUT2D eigenvalue weighted by atomic mass is 10.2. The Balaban J connectivity index is 1.43. The highest BCUT2D eigenvalue weighted by molar-refractivity contribution is 8.18. The van der Waals surface area contributed by atoms with Crippen molar-refractivity contribution in [2.45, 2.75) is 0 Å². The van der Waals surface area contributed by atoms with Crippen LogP contribution in [0.25, 0.3) is 6.08 Å². The molecule has 0 aliphatic carbocycles. The number of rotatable bonds is 2. The molecule has 0 spiro atoms. The predicted octanol–water partition coefficient (Wildman–Crippen LogP) is 3.32. The van der Waals surface area contributed by atoms with Gasteiger partial charge in [0, 0.05) is 31.7 Å². The molecule has 0 aromatic heterocycles. The summed E-state index contributed by atoms with van der Waals surface area (Å²) >= 11 is 1.31. The number of halogens is 1. The molecule has 2 aromatic rings. The van der Waals surface area contributed by atoms with Gasteiger partial charge in [-0.3, -0.25) is 4.79 Å². The lowest BCUT2D eigenvalue weighted by molar-refractivity contribution is -0.113. The van der Waals surface area contributed by atoms with Gasteiger partial charge in [-0.05, 0) is 36.0 Å². The minimum absolute atomic E-state index is 0.130. The monoisotopic (exact) mass is 383 g/mol. The van der Waals surface area contributed by atoms with Crippen molar-refractivity contribution < 1.29 is 14.3 Å². The molecular formula is C20H18FN3O2S. The van der Waals surface area contributed by atoms with Gasteiger partial charge in [0.05, 0.1) is 10.6 Å². The van der Waals surface area contributed by atoms with Crippen molar-refractivity contribution in [2.75, 3.05) is 31.1 Å². The van der Waals surface area contributed by atoms with Gasteiger partial charge >= 0.3 is 0 Å². The molecule has 4 rings (SSSR count). The van der Waals surface area contributed by atoms with Crippen molar-refractivity contribution in [3.63, 3.8) is 0 Å². The number of phenolic OH excluding ortho intramolecular Hbond substituents is 1. The van der Waals surface area contributed by atoms with E-state index >= 15 is 0 Å². The van der Waals surface area contributed by atoms with Crippen molar-refractivity contribution in [2.24, 2.45) is 4.99 Å². The van der Waals surface area contributed by atoms with Crippen LogP contribution in [-0.2, 0) is 4.79 Å². The van der Waals surface area contributed by atoms with Crippen LogP contribution in [0, 0.1) is 5.82 Å². The molecule has 138 valence electrons. The van der Waals surface area contributed by atoms with Crippen LogP contribution in [0.5, 0.6) is 5.75 Å². The topological polar surface area (TPSA) is 56.1 Å². The second-order valence-electron chi connectivity index (χ2n) is 6.29. The molecule has 2 aliphatic heterocycles. The van der Waals surface area contributed by atoms with Crippen molar-refractivity contribution in [3.8, 4) is 5.75 Å². The standard InChI is InChI=1S/C20H18FN3O2S/c21-15-6-2-3-7-16(15)23-9-11-24(12-10-23)20-22-19(26)18(27-20)13-14-5-1-4-8-17(14)25/h1-8,13,25H,9-12H2. The third-order valence-corrected chi connectivity index (χ3v) is 5.62. The molecule has 1 amide bonds. The maximum atomic E-state index is 14.0. The van der Waals surface area contributed by atoms with E-state index in [9.17, 15) is 14.3 Å². The van der Waals surface area contributed by atoms with Crippen molar-refractivity contribution in [1.29, 1.82) is 0 Å². The number of para-hydroxylation sites is 2. The van der Waals surface area contributed by atoms with Crippen LogP contribution in [0.2, 0.25) is 0 Å². The normalized spacial score (nSPS) is 18.9. The van der Waals surface area contributed by atoms with Crippen molar-refractivity contribution in [3.05, 3.63) is 64.8 Å². The Hall–Kier alpha value is -2.80. The summed E-state index contributed by atoms with van der Waals surface area (Å²) < 4.78 is 14.0. The van der Waals surface area contributed by atoms with Crippen LogP contribution in [0.1, 0.15) is 5.56 Å². The van der Waals surface area contributed by atoms with Crippen LogP contribution in [0.4, 0.5) is 10.1 Å². The number of benzene rings is 2. The largest absolute Gasteiger partial charge is 0.507 e. The average Bonchev–Trinajstić information content (AvgIpc) is 3.05. The number of carbonyl (C=O) groups excluding carboxylic acids is 1. The lowest BCUT2D eigenvalue weighted by Crippen LogP contribution is -2.48. The summed E-state index contributed by atoms with van der Waals surface area (Å²) in [5.41, 5.74) is 1.20. The van der Waals surface area contributed by atoms with Gasteiger partial charge < -0.3 is 14.9 Å². The van der Waals surface area contributed by atoms with E-state index in [4.69, 9.17) is 0 Å². The summed E-state index contributed by atoms with van der Waals surface area (Å²) in [5, 5.41) is 10.5. The van der Waals surface area contributed by atoms with Gasteiger partial charge in [-0.2, -0.15) is 4.99 Å². The number of aliphatic imine (C=N–C) groups is 1. The van der Waals surface area contributed by atoms with E-state index in [1.807, 2.05) is 15.9 Å². The number of thioether (sulfide) groups is 1. The zero-order valence-corrected chi connectivity index (χ0v) is 15.3. The Morgan fingerprint density at radius 3 is 2.41 bits per heavy atom. The van der Waals surface area contributed by atoms with Crippen molar-refractivity contribution in [1.82, 2.24) is 4.90 Å². The Morgan fingerprint density at radius 2 is 1.67 bits per heavy atom. The van der Waals surface area contributed by atoms with Crippen LogP contribution in [0.3, 0.4) is 0 Å². The van der Waals surface area contributed by atoms with Crippen LogP contribution in [-0.4, -0.2) is 47.3 Å². The fourth-order valence-corrected chi connectivity index (χ4v) is 4.09. The summed E-state index contributed by atoms with van der Waals surface area (Å²) in [4.78, 5) is 20.9. The minimum Gasteiger partial charge on any atom is -0.507 e. The number of hydrogen-bond acceptors (Lipinski definition) is 5. The van der Waals surface area contributed by atoms with E-state index in [0.717, 1.165) is 0 Å². The Kier molecular flexibility index (Phi) is 4.85. The zero-order chi connectivity index (χ0) is 18.8. The molecule has 5 nitrogen and oxygen atoms in total. The first kappa shape index (κ1) is 17.6. The Bertz CT molecular complexity index is 936. The van der Waals surface area contributed by atoms with Gasteiger partial charge in [0.25, 0.3) is 5.91 Å². The van der Waals surface area contributed by atoms with E-state index in [0.29, 0.717) is 47.5 Å². The summed E-state index contributed by atoms with van der Waals surface area (Å²) in [6, 6.07) is 13.6. The van der Waals surface area contributed by atoms with Crippen LogP contribution < -0.4 is 4.90 Å². The molecule has 27 heavy (non-hydrogen) atoms. The fraction of sp³-hybridized carbons (Fsp3) is 0.200. The molecule has 0 saturated carbocycles. The predicted molar refractivity (Wildman–Crippen MR) is 106 cm³/mol. The molecule has 1 fully saturated rings. The highest BCUT2D eigenvalue weighted by Crippen LogP contribution is 2.32. The molecule has 1 N–H and O–H groups in total. The molecular weight excluding hydrogens is 365 g/mol. The quantitative estimate of drug-likeness (QED) is 0.807. The highest BCUT2D eigenvalue weighted by Gasteiger charge is 2.29. The van der Waals surface area contributed by atoms with E-state index in [2.05, 4.69) is 4.99 Å². The van der Waals surface area contributed by atoms with Gasteiger partial charge in [0.15, 0.2) is 5.17 Å². The van der Waals surface area contributed by atoms with Crippen LogP contribution >= 0.6 is 11.8 Å². The Morgan fingerprint density at radius 1 is 1.00 bits per heavy atom. The number of amidine groups is 1. The molecule has 1 saturated heterocycles. The van der Waals surface area contributed by atoms with Crippen LogP contribution in [0.15, 0.2) is 58.4 Å². The van der Waals surface area contributed by atoms with Gasteiger partial charge in [-0.25, -0.2) is 4.39 Å². The van der Waals surface area contributed by atoms with Gasteiger partial charge in [0.1, 0.15) is 11.6 Å². The third kappa shape index (κ3) is 3.68. The molecule has 0 radical (unpaired) electrons. The first-order chi connectivity index (χ1) is 13.1. The smallest absolute Gasteiger partial charge is 0.286 e. The van der Waals surface area contributed by atoms with E-state index < -0.39 is 0 Å².